The zero-order valence-electron chi connectivity index (χ0n) is 14.1. The molecule has 0 amide bonds. The highest BCUT2D eigenvalue weighted by molar-refractivity contribution is 7.88. The summed E-state index contributed by atoms with van der Waals surface area (Å²) in [5, 5.41) is 13.8. The lowest BCUT2D eigenvalue weighted by molar-refractivity contribution is 0.261. The van der Waals surface area contributed by atoms with Gasteiger partial charge in [0.15, 0.2) is 0 Å². The third-order valence-corrected chi connectivity index (χ3v) is 4.86. The zero-order chi connectivity index (χ0) is 17.9. The van der Waals surface area contributed by atoms with E-state index in [0.29, 0.717) is 12.1 Å². The van der Waals surface area contributed by atoms with Crippen LogP contribution in [-0.4, -0.2) is 35.9 Å². The first-order valence-electron chi connectivity index (χ1n) is 8.15. The van der Waals surface area contributed by atoms with Gasteiger partial charge in [-0.1, -0.05) is 18.2 Å². The molecule has 0 saturated heterocycles. The lowest BCUT2D eigenvalue weighted by Crippen LogP contribution is -2.23. The van der Waals surface area contributed by atoms with Gasteiger partial charge in [0, 0.05) is 26.2 Å². The van der Waals surface area contributed by atoms with E-state index in [0.717, 1.165) is 49.3 Å². The van der Waals surface area contributed by atoms with E-state index in [-0.39, 0.29) is 6.54 Å². The molecule has 2 aromatic rings. The van der Waals surface area contributed by atoms with Crippen LogP contribution in [0.2, 0.25) is 0 Å². The van der Waals surface area contributed by atoms with E-state index in [2.05, 4.69) is 20.8 Å². The number of aryl methyl sites for hydroxylation is 1. The molecule has 132 valence electrons. The van der Waals surface area contributed by atoms with E-state index >= 15 is 0 Å². The molecule has 2 heterocycles. The summed E-state index contributed by atoms with van der Waals surface area (Å²) in [5.41, 5.74) is 3.52. The zero-order valence-corrected chi connectivity index (χ0v) is 15.0. The number of sulfonamides is 1. The van der Waals surface area contributed by atoms with E-state index in [1.807, 2.05) is 35.0 Å². The normalized spacial score (nSPS) is 15.4. The Balaban J connectivity index is 1.72. The van der Waals surface area contributed by atoms with Crippen molar-refractivity contribution in [1.29, 1.82) is 5.26 Å². The van der Waals surface area contributed by atoms with Crippen LogP contribution in [0.3, 0.4) is 0 Å². The predicted octanol–water partition coefficient (Wildman–Crippen LogP) is 1.21. The number of hydrogen-bond donors (Lipinski definition) is 1. The minimum Gasteiger partial charge on any atom is -0.293 e. The maximum atomic E-state index is 11.2. The van der Waals surface area contributed by atoms with Crippen LogP contribution < -0.4 is 4.72 Å². The van der Waals surface area contributed by atoms with Crippen molar-refractivity contribution in [2.24, 2.45) is 0 Å². The number of nitrogens with zero attached hydrogens (tertiary/aromatic N) is 4. The molecular formula is C17H21N5O2S. The second-order valence-electron chi connectivity index (χ2n) is 6.28. The summed E-state index contributed by atoms with van der Waals surface area (Å²) < 4.78 is 26.9. The number of benzene rings is 1. The maximum absolute atomic E-state index is 11.2. The van der Waals surface area contributed by atoms with Gasteiger partial charge in [-0.25, -0.2) is 13.1 Å². The molecule has 8 heteroatoms. The van der Waals surface area contributed by atoms with Gasteiger partial charge in [-0.2, -0.15) is 10.4 Å². The van der Waals surface area contributed by atoms with Crippen molar-refractivity contribution < 1.29 is 8.42 Å². The number of nitrogens with one attached hydrogen (secondary N) is 1. The van der Waals surface area contributed by atoms with Crippen LogP contribution in [0.5, 0.6) is 0 Å². The minimum atomic E-state index is -3.23. The van der Waals surface area contributed by atoms with E-state index in [1.165, 1.54) is 0 Å². The molecule has 0 atom stereocenters. The Kier molecular flexibility index (Phi) is 5.18. The van der Waals surface area contributed by atoms with Crippen molar-refractivity contribution in [3.63, 3.8) is 0 Å². The lowest BCUT2D eigenvalue weighted by atomic mass is 10.1. The molecule has 1 aliphatic rings. The van der Waals surface area contributed by atoms with Gasteiger partial charge in [-0.3, -0.25) is 9.58 Å². The molecule has 0 radical (unpaired) electrons. The number of hydrogen-bond acceptors (Lipinski definition) is 5. The van der Waals surface area contributed by atoms with Crippen molar-refractivity contribution in [3.8, 4) is 6.07 Å². The molecule has 1 aromatic carbocycles. The molecule has 3 rings (SSSR count). The Labute approximate surface area is 147 Å². The average Bonchev–Trinajstić information content (AvgIpc) is 2.85. The number of aromatic nitrogens is 2. The van der Waals surface area contributed by atoms with Crippen LogP contribution >= 0.6 is 0 Å². The molecular weight excluding hydrogens is 338 g/mol. The van der Waals surface area contributed by atoms with Crippen molar-refractivity contribution in [2.45, 2.75) is 32.6 Å². The van der Waals surface area contributed by atoms with Gasteiger partial charge in [0.1, 0.15) is 0 Å². The summed E-state index contributed by atoms with van der Waals surface area (Å²) >= 11 is 0. The fourth-order valence-electron chi connectivity index (χ4n) is 3.02. The van der Waals surface area contributed by atoms with E-state index in [1.54, 1.807) is 0 Å². The number of nitriles is 1. The topological polar surface area (TPSA) is 91.0 Å². The standard InChI is InChI=1S/C17H21N5O2S/c1-25(23,24)19-11-16-9-17-13-21(7-4-8-22(17)20-16)12-15-6-3-2-5-14(15)10-18/h2-3,5-6,9,19H,4,7-8,11-13H2,1H3. The summed E-state index contributed by atoms with van der Waals surface area (Å²) in [4.78, 5) is 2.30. The third-order valence-electron chi connectivity index (χ3n) is 4.19. The highest BCUT2D eigenvalue weighted by atomic mass is 32.2. The van der Waals surface area contributed by atoms with Gasteiger partial charge in [0.05, 0.1) is 35.8 Å². The van der Waals surface area contributed by atoms with Crippen molar-refractivity contribution >= 4 is 10.0 Å². The first-order chi connectivity index (χ1) is 11.9. The summed E-state index contributed by atoms with van der Waals surface area (Å²) in [7, 11) is -3.23. The minimum absolute atomic E-state index is 0.204. The van der Waals surface area contributed by atoms with Crippen molar-refractivity contribution in [2.75, 3.05) is 12.8 Å². The quantitative estimate of drug-likeness (QED) is 0.866. The molecule has 0 spiro atoms. The predicted molar refractivity (Wildman–Crippen MR) is 93.8 cm³/mol. The molecule has 0 bridgehead atoms. The monoisotopic (exact) mass is 359 g/mol. The molecule has 1 N–H and O–H groups in total. The average molecular weight is 359 g/mol. The van der Waals surface area contributed by atoms with Crippen LogP contribution in [-0.2, 0) is 36.2 Å². The molecule has 0 fully saturated rings. The second kappa shape index (κ2) is 7.35. The summed E-state index contributed by atoms with van der Waals surface area (Å²) in [6.45, 7) is 3.39. The SMILES string of the molecule is CS(=O)(=O)NCc1cc2n(n1)CCCN(Cc1ccccc1C#N)C2. The largest absolute Gasteiger partial charge is 0.293 e. The van der Waals surface area contributed by atoms with Crippen LogP contribution in [0.25, 0.3) is 0 Å². The van der Waals surface area contributed by atoms with Crippen LogP contribution in [0, 0.1) is 11.3 Å². The molecule has 1 aliphatic heterocycles. The molecule has 25 heavy (non-hydrogen) atoms. The molecule has 0 saturated carbocycles. The first-order valence-corrected chi connectivity index (χ1v) is 10.0. The summed E-state index contributed by atoms with van der Waals surface area (Å²) in [5.74, 6) is 0. The Morgan fingerprint density at radius 2 is 2.12 bits per heavy atom. The molecule has 1 aromatic heterocycles. The number of fused-ring (bicyclic) bond motifs is 1. The van der Waals surface area contributed by atoms with E-state index in [4.69, 9.17) is 0 Å². The maximum Gasteiger partial charge on any atom is 0.209 e. The van der Waals surface area contributed by atoms with Gasteiger partial charge in [0.25, 0.3) is 0 Å². The van der Waals surface area contributed by atoms with E-state index in [9.17, 15) is 13.7 Å². The molecule has 0 unspecified atom stereocenters. The highest BCUT2D eigenvalue weighted by Crippen LogP contribution is 2.18. The number of rotatable bonds is 5. The molecule has 7 nitrogen and oxygen atoms in total. The van der Waals surface area contributed by atoms with Crippen LogP contribution in [0.1, 0.15) is 28.9 Å². The highest BCUT2D eigenvalue weighted by Gasteiger charge is 2.18. The Morgan fingerprint density at radius 1 is 1.32 bits per heavy atom. The fourth-order valence-corrected chi connectivity index (χ4v) is 3.43. The Bertz CT molecular complexity index is 898. The van der Waals surface area contributed by atoms with Crippen molar-refractivity contribution in [1.82, 2.24) is 19.4 Å². The lowest BCUT2D eigenvalue weighted by Gasteiger charge is -2.20. The molecule has 0 aliphatic carbocycles. The smallest absolute Gasteiger partial charge is 0.209 e. The van der Waals surface area contributed by atoms with E-state index < -0.39 is 10.0 Å². The van der Waals surface area contributed by atoms with Gasteiger partial charge >= 0.3 is 0 Å². The third kappa shape index (κ3) is 4.66. The Morgan fingerprint density at radius 3 is 2.88 bits per heavy atom. The van der Waals surface area contributed by atoms with Gasteiger partial charge in [-0.15, -0.1) is 0 Å². The van der Waals surface area contributed by atoms with Crippen LogP contribution in [0.4, 0.5) is 0 Å². The van der Waals surface area contributed by atoms with Gasteiger partial charge in [-0.05, 0) is 24.1 Å². The summed E-state index contributed by atoms with van der Waals surface area (Å²) in [6.07, 6.45) is 2.10. The fraction of sp³-hybridized carbons (Fsp3) is 0.412. The second-order valence-corrected chi connectivity index (χ2v) is 8.11. The van der Waals surface area contributed by atoms with Gasteiger partial charge < -0.3 is 0 Å². The summed E-state index contributed by atoms with van der Waals surface area (Å²) in [6, 6.07) is 11.9. The van der Waals surface area contributed by atoms with Crippen molar-refractivity contribution in [3.05, 3.63) is 52.8 Å². The van der Waals surface area contributed by atoms with Crippen LogP contribution in [0.15, 0.2) is 30.3 Å². The Hall–Kier alpha value is -2.21. The first kappa shape index (κ1) is 17.6. The van der Waals surface area contributed by atoms with Gasteiger partial charge in [0.2, 0.25) is 10.0 Å².